The van der Waals surface area contributed by atoms with Crippen molar-refractivity contribution in [3.8, 4) is 0 Å². The lowest BCUT2D eigenvalue weighted by Gasteiger charge is -2.01. The molecule has 0 aromatic heterocycles. The first-order chi connectivity index (χ1) is 6.62. The molecule has 2 heteroatoms. The van der Waals surface area contributed by atoms with Crippen molar-refractivity contribution in [1.82, 2.24) is 0 Å². The molecule has 2 atom stereocenters. The lowest BCUT2D eigenvalue weighted by Crippen LogP contribution is -1.98. The highest BCUT2D eigenvalue weighted by atomic mass is 16.3. The van der Waals surface area contributed by atoms with Gasteiger partial charge in [0.2, 0.25) is 0 Å². The lowest BCUT2D eigenvalue weighted by atomic mass is 10.1. The molecule has 0 amide bonds. The highest BCUT2D eigenvalue weighted by molar-refractivity contribution is 4.46. The number of hydrogen-bond donors (Lipinski definition) is 2. The molecule has 2 nitrogen and oxygen atoms in total. The number of hydrogen-bond acceptors (Lipinski definition) is 2. The summed E-state index contributed by atoms with van der Waals surface area (Å²) in [7, 11) is 0. The summed E-state index contributed by atoms with van der Waals surface area (Å²) in [5.74, 6) is 1.20. The third kappa shape index (κ3) is 14.4. The van der Waals surface area contributed by atoms with Gasteiger partial charge in [-0.05, 0) is 24.7 Å². The van der Waals surface area contributed by atoms with E-state index >= 15 is 0 Å². The Morgan fingerprint density at radius 2 is 1.50 bits per heavy atom. The SMILES string of the molecule is CCC(C)CCO.CCCC(C)CO. The van der Waals surface area contributed by atoms with E-state index in [0.29, 0.717) is 25.0 Å². The minimum atomic E-state index is 0.341. The van der Waals surface area contributed by atoms with Crippen molar-refractivity contribution in [1.29, 1.82) is 0 Å². The van der Waals surface area contributed by atoms with Crippen LogP contribution in [0.15, 0.2) is 0 Å². The topological polar surface area (TPSA) is 40.5 Å². The predicted molar refractivity (Wildman–Crippen MR) is 62.3 cm³/mol. The Morgan fingerprint density at radius 3 is 1.64 bits per heavy atom. The van der Waals surface area contributed by atoms with E-state index in [1.165, 1.54) is 12.8 Å². The van der Waals surface area contributed by atoms with E-state index in [9.17, 15) is 0 Å². The summed E-state index contributed by atoms with van der Waals surface area (Å²) >= 11 is 0. The van der Waals surface area contributed by atoms with Crippen LogP contribution in [0, 0.1) is 11.8 Å². The summed E-state index contributed by atoms with van der Waals surface area (Å²) in [5, 5.41) is 16.8. The van der Waals surface area contributed by atoms with Crippen molar-refractivity contribution in [3.63, 3.8) is 0 Å². The molecule has 14 heavy (non-hydrogen) atoms. The minimum absolute atomic E-state index is 0.341. The van der Waals surface area contributed by atoms with Gasteiger partial charge in [0.05, 0.1) is 0 Å². The van der Waals surface area contributed by atoms with Crippen LogP contribution in [-0.4, -0.2) is 23.4 Å². The Bertz CT molecular complexity index is 82.3. The molecule has 0 bridgehead atoms. The monoisotopic (exact) mass is 204 g/mol. The maximum absolute atomic E-state index is 8.47. The first-order valence-electron chi connectivity index (χ1n) is 5.83. The van der Waals surface area contributed by atoms with Gasteiger partial charge in [0, 0.05) is 13.2 Å². The molecule has 0 aliphatic carbocycles. The van der Waals surface area contributed by atoms with Gasteiger partial charge < -0.3 is 10.2 Å². The standard InChI is InChI=1S/2C6H14O/c1-3-6(2)4-5-7;1-3-4-6(2)5-7/h2*6-7H,3-5H2,1-2H3. The zero-order chi connectivity index (χ0) is 11.4. The van der Waals surface area contributed by atoms with Crippen molar-refractivity contribution in [2.75, 3.05) is 13.2 Å². The highest BCUT2D eigenvalue weighted by Gasteiger charge is 1.94. The average molecular weight is 204 g/mol. The van der Waals surface area contributed by atoms with Gasteiger partial charge >= 0.3 is 0 Å². The Hall–Kier alpha value is -0.0800. The summed E-state index contributed by atoms with van der Waals surface area (Å²) in [6.45, 7) is 9.16. The Morgan fingerprint density at radius 1 is 0.929 bits per heavy atom. The molecule has 0 radical (unpaired) electrons. The fraction of sp³-hybridized carbons (Fsp3) is 1.00. The van der Waals surface area contributed by atoms with E-state index in [4.69, 9.17) is 10.2 Å². The molecule has 0 saturated heterocycles. The van der Waals surface area contributed by atoms with Gasteiger partial charge in [-0.2, -0.15) is 0 Å². The minimum Gasteiger partial charge on any atom is -0.396 e. The second-order valence-electron chi connectivity index (χ2n) is 4.10. The van der Waals surface area contributed by atoms with Crippen molar-refractivity contribution in [3.05, 3.63) is 0 Å². The molecular formula is C12H28O2. The summed E-state index contributed by atoms with van der Waals surface area (Å²) in [4.78, 5) is 0. The molecule has 88 valence electrons. The third-order valence-electron chi connectivity index (χ3n) is 2.41. The van der Waals surface area contributed by atoms with Crippen LogP contribution < -0.4 is 0 Å². The molecule has 2 N–H and O–H groups in total. The van der Waals surface area contributed by atoms with Crippen LogP contribution in [0.5, 0.6) is 0 Å². The summed E-state index contributed by atoms with van der Waals surface area (Å²) in [6, 6.07) is 0. The summed E-state index contributed by atoms with van der Waals surface area (Å²) in [6.07, 6.45) is 4.47. The average Bonchev–Trinajstić information content (AvgIpc) is 2.19. The Labute approximate surface area is 89.3 Å². The molecule has 0 aromatic carbocycles. The summed E-state index contributed by atoms with van der Waals surface area (Å²) < 4.78 is 0. The van der Waals surface area contributed by atoms with Crippen molar-refractivity contribution in [2.45, 2.75) is 53.4 Å². The molecule has 2 unspecified atom stereocenters. The van der Waals surface area contributed by atoms with Gasteiger partial charge in [-0.15, -0.1) is 0 Å². The van der Waals surface area contributed by atoms with Crippen LogP contribution in [-0.2, 0) is 0 Å². The Kier molecular flexibility index (Phi) is 15.1. The molecule has 0 aliphatic rings. The first kappa shape index (κ1) is 16.4. The van der Waals surface area contributed by atoms with Crippen LogP contribution in [0.25, 0.3) is 0 Å². The van der Waals surface area contributed by atoms with Gasteiger partial charge in [-0.1, -0.05) is 40.5 Å². The largest absolute Gasteiger partial charge is 0.396 e. The fourth-order valence-corrected chi connectivity index (χ4v) is 1.01. The fourth-order valence-electron chi connectivity index (χ4n) is 1.01. The van der Waals surface area contributed by atoms with E-state index < -0.39 is 0 Å². The predicted octanol–water partition coefficient (Wildman–Crippen LogP) is 2.83. The number of aliphatic hydroxyl groups is 2. The second-order valence-corrected chi connectivity index (χ2v) is 4.10. The van der Waals surface area contributed by atoms with Gasteiger partial charge in [0.25, 0.3) is 0 Å². The third-order valence-corrected chi connectivity index (χ3v) is 2.41. The van der Waals surface area contributed by atoms with Crippen LogP contribution >= 0.6 is 0 Å². The van der Waals surface area contributed by atoms with Crippen molar-refractivity contribution < 1.29 is 10.2 Å². The lowest BCUT2D eigenvalue weighted by molar-refractivity contribution is 0.229. The van der Waals surface area contributed by atoms with E-state index in [1.54, 1.807) is 0 Å². The van der Waals surface area contributed by atoms with Crippen molar-refractivity contribution >= 4 is 0 Å². The molecular weight excluding hydrogens is 176 g/mol. The molecule has 0 spiro atoms. The second kappa shape index (κ2) is 12.9. The number of rotatable bonds is 6. The first-order valence-corrected chi connectivity index (χ1v) is 5.83. The smallest absolute Gasteiger partial charge is 0.0456 e. The Balaban J connectivity index is 0. The van der Waals surface area contributed by atoms with Crippen molar-refractivity contribution in [2.24, 2.45) is 11.8 Å². The van der Waals surface area contributed by atoms with Gasteiger partial charge in [0.15, 0.2) is 0 Å². The molecule has 0 heterocycles. The summed E-state index contributed by atoms with van der Waals surface area (Å²) in [5.41, 5.74) is 0. The maximum Gasteiger partial charge on any atom is 0.0456 e. The highest BCUT2D eigenvalue weighted by Crippen LogP contribution is 2.03. The molecule has 0 rings (SSSR count). The normalized spacial score (nSPS) is 14.1. The molecule has 0 aliphatic heterocycles. The zero-order valence-electron chi connectivity index (χ0n) is 10.3. The van der Waals surface area contributed by atoms with Crippen LogP contribution in [0.3, 0.4) is 0 Å². The van der Waals surface area contributed by atoms with Gasteiger partial charge in [0.1, 0.15) is 0 Å². The van der Waals surface area contributed by atoms with E-state index in [2.05, 4.69) is 27.7 Å². The van der Waals surface area contributed by atoms with E-state index in [1.807, 2.05) is 0 Å². The van der Waals surface area contributed by atoms with Crippen LogP contribution in [0.4, 0.5) is 0 Å². The van der Waals surface area contributed by atoms with Gasteiger partial charge in [-0.3, -0.25) is 0 Å². The zero-order valence-corrected chi connectivity index (χ0v) is 10.3. The molecule has 0 saturated carbocycles. The van der Waals surface area contributed by atoms with Crippen LogP contribution in [0.2, 0.25) is 0 Å². The molecule has 0 aromatic rings. The quantitative estimate of drug-likeness (QED) is 0.698. The molecule has 0 fully saturated rings. The maximum atomic E-state index is 8.47. The van der Waals surface area contributed by atoms with Gasteiger partial charge in [-0.25, -0.2) is 0 Å². The van der Waals surface area contributed by atoms with E-state index in [-0.39, 0.29) is 0 Å². The van der Waals surface area contributed by atoms with E-state index in [0.717, 1.165) is 12.8 Å². The van der Waals surface area contributed by atoms with Crippen LogP contribution in [0.1, 0.15) is 53.4 Å². The number of aliphatic hydroxyl groups excluding tert-OH is 2.